The monoisotopic (exact) mass is 802 g/mol. The van der Waals surface area contributed by atoms with Gasteiger partial charge in [0, 0.05) is 6.42 Å². The number of rotatable bonds is 43. The lowest BCUT2D eigenvalue weighted by molar-refractivity contribution is -0.870. The molecule has 0 aromatic heterocycles. The highest BCUT2D eigenvalue weighted by Crippen LogP contribution is 2.43. The molecule has 0 fully saturated rings. The Morgan fingerprint density at radius 1 is 0.600 bits per heavy atom. The van der Waals surface area contributed by atoms with Crippen LogP contribution in [-0.2, 0) is 18.4 Å². The van der Waals surface area contributed by atoms with E-state index < -0.39 is 20.0 Å². The zero-order valence-corrected chi connectivity index (χ0v) is 38.1. The number of allylic oxidation sites excluding steroid dienone is 2. The van der Waals surface area contributed by atoms with Gasteiger partial charge in [0.2, 0.25) is 5.91 Å². The Kier molecular flexibility index (Phi) is 38.2. The average molecular weight is 802 g/mol. The number of carbonyl (C=O) groups excluding carboxylic acids is 1. The first kappa shape index (κ1) is 54.2. The van der Waals surface area contributed by atoms with Crippen molar-refractivity contribution in [1.29, 1.82) is 0 Å². The highest BCUT2D eigenvalue weighted by molar-refractivity contribution is 7.47. The third kappa shape index (κ3) is 41.2. The standard InChI is InChI=1S/C46H93N2O6P/c1-6-8-10-12-14-16-17-18-19-20-21-22-23-24-25-26-27-28-29-30-31-32-34-36-38-40-46(50)47-44(43-54-55(51,52)53-42-41-48(3,4)5)45(49)39-37-35-33-15-13-11-9-7-2/h20-21,44-45,49H,6-19,22-43H2,1-5H3,(H-,47,50,51,52)/p+1/b21-20-. The number of quaternary nitrogens is 1. The quantitative estimate of drug-likeness (QED) is 0.0245. The lowest BCUT2D eigenvalue weighted by atomic mass is 10.0. The summed E-state index contributed by atoms with van der Waals surface area (Å²) >= 11 is 0. The third-order valence-corrected chi connectivity index (χ3v) is 11.7. The van der Waals surface area contributed by atoms with E-state index in [-0.39, 0.29) is 19.1 Å². The van der Waals surface area contributed by atoms with Gasteiger partial charge in [0.05, 0.1) is 39.9 Å². The van der Waals surface area contributed by atoms with Gasteiger partial charge in [-0.3, -0.25) is 13.8 Å². The summed E-state index contributed by atoms with van der Waals surface area (Å²) < 4.78 is 23.5. The van der Waals surface area contributed by atoms with E-state index in [1.807, 2.05) is 21.1 Å². The van der Waals surface area contributed by atoms with E-state index in [4.69, 9.17) is 9.05 Å². The summed E-state index contributed by atoms with van der Waals surface area (Å²) in [4.78, 5) is 23.1. The second-order valence-corrected chi connectivity index (χ2v) is 18.9. The first-order valence-electron chi connectivity index (χ1n) is 23.6. The van der Waals surface area contributed by atoms with Crippen molar-refractivity contribution in [3.8, 4) is 0 Å². The topological polar surface area (TPSA) is 105 Å². The molecule has 0 heterocycles. The van der Waals surface area contributed by atoms with Gasteiger partial charge in [-0.1, -0.05) is 193 Å². The van der Waals surface area contributed by atoms with E-state index in [2.05, 4.69) is 31.3 Å². The van der Waals surface area contributed by atoms with Crippen LogP contribution in [0, 0.1) is 0 Å². The van der Waals surface area contributed by atoms with Gasteiger partial charge in [-0.2, -0.15) is 0 Å². The number of nitrogens with zero attached hydrogens (tertiary/aromatic N) is 1. The van der Waals surface area contributed by atoms with Crippen LogP contribution in [0.3, 0.4) is 0 Å². The SMILES string of the molecule is CCCCCCCCCC/C=C\CCCCCCCCCCCCCCCC(=O)NC(COP(=O)(O)OCC[N+](C)(C)C)C(O)CCCCCCCCCC. The number of hydrogen-bond donors (Lipinski definition) is 3. The minimum absolute atomic E-state index is 0.0764. The third-order valence-electron chi connectivity index (χ3n) is 10.8. The molecule has 0 saturated heterocycles. The molecule has 0 aliphatic rings. The molecule has 0 radical (unpaired) electrons. The molecule has 0 bridgehead atoms. The summed E-state index contributed by atoms with van der Waals surface area (Å²) in [5.41, 5.74) is 0. The van der Waals surface area contributed by atoms with Gasteiger partial charge in [0.1, 0.15) is 13.2 Å². The summed E-state index contributed by atoms with van der Waals surface area (Å²) in [6, 6.07) is -0.754. The molecule has 0 spiro atoms. The first-order valence-corrected chi connectivity index (χ1v) is 25.0. The fourth-order valence-corrected chi connectivity index (χ4v) is 7.72. The van der Waals surface area contributed by atoms with Gasteiger partial charge < -0.3 is 19.8 Å². The highest BCUT2D eigenvalue weighted by atomic mass is 31.2. The molecular formula is C46H94N2O6P+. The van der Waals surface area contributed by atoms with E-state index in [0.29, 0.717) is 23.9 Å². The maximum absolute atomic E-state index is 12.9. The van der Waals surface area contributed by atoms with Gasteiger partial charge in [-0.15, -0.1) is 0 Å². The van der Waals surface area contributed by atoms with E-state index in [0.717, 1.165) is 38.5 Å². The van der Waals surface area contributed by atoms with E-state index >= 15 is 0 Å². The number of hydrogen-bond acceptors (Lipinski definition) is 5. The molecular weight excluding hydrogens is 707 g/mol. The number of phosphoric ester groups is 1. The highest BCUT2D eigenvalue weighted by Gasteiger charge is 2.28. The van der Waals surface area contributed by atoms with Crippen LogP contribution in [0.4, 0.5) is 0 Å². The first-order chi connectivity index (χ1) is 26.5. The number of aliphatic hydroxyl groups excluding tert-OH is 1. The van der Waals surface area contributed by atoms with Crippen LogP contribution in [0.2, 0.25) is 0 Å². The summed E-state index contributed by atoms with van der Waals surface area (Å²) in [7, 11) is 1.62. The molecule has 0 saturated carbocycles. The molecule has 3 atom stereocenters. The predicted molar refractivity (Wildman–Crippen MR) is 235 cm³/mol. The summed E-state index contributed by atoms with van der Waals surface area (Å²) in [6.07, 6.45) is 44.1. The Hall–Kier alpha value is -0.760. The number of likely N-dealkylation sites (N-methyl/N-ethyl adjacent to an activating group) is 1. The van der Waals surface area contributed by atoms with Crippen LogP contribution >= 0.6 is 7.82 Å². The molecule has 3 N–H and O–H groups in total. The molecule has 0 rings (SSSR count). The van der Waals surface area contributed by atoms with Crippen molar-refractivity contribution in [3.63, 3.8) is 0 Å². The van der Waals surface area contributed by atoms with Gasteiger partial charge in [-0.05, 0) is 38.5 Å². The molecule has 9 heteroatoms. The summed E-state index contributed by atoms with van der Waals surface area (Å²) in [5, 5.41) is 13.9. The molecule has 0 aromatic carbocycles. The molecule has 0 aliphatic heterocycles. The molecule has 328 valence electrons. The van der Waals surface area contributed by atoms with Gasteiger partial charge >= 0.3 is 7.82 Å². The Balaban J connectivity index is 4.05. The number of carbonyl (C=O) groups is 1. The molecule has 0 aromatic rings. The zero-order chi connectivity index (χ0) is 40.7. The van der Waals surface area contributed by atoms with Crippen LogP contribution in [0.25, 0.3) is 0 Å². The van der Waals surface area contributed by atoms with Gasteiger partial charge in [-0.25, -0.2) is 4.57 Å². The number of phosphoric acid groups is 1. The van der Waals surface area contributed by atoms with Crippen molar-refractivity contribution in [2.24, 2.45) is 0 Å². The van der Waals surface area contributed by atoms with E-state index in [1.165, 1.54) is 161 Å². The Morgan fingerprint density at radius 3 is 1.40 bits per heavy atom. The van der Waals surface area contributed by atoms with Crippen LogP contribution in [0.15, 0.2) is 12.2 Å². The van der Waals surface area contributed by atoms with Crippen LogP contribution in [0.1, 0.15) is 226 Å². The number of unbranched alkanes of at least 4 members (excludes halogenated alkanes) is 28. The number of aliphatic hydroxyl groups is 1. The fourth-order valence-electron chi connectivity index (χ4n) is 6.98. The van der Waals surface area contributed by atoms with Crippen molar-refractivity contribution in [2.45, 2.75) is 238 Å². The zero-order valence-electron chi connectivity index (χ0n) is 37.2. The van der Waals surface area contributed by atoms with Crippen LogP contribution < -0.4 is 5.32 Å². The van der Waals surface area contributed by atoms with Crippen LogP contribution in [0.5, 0.6) is 0 Å². The minimum Gasteiger partial charge on any atom is -0.391 e. The lowest BCUT2D eigenvalue weighted by Gasteiger charge is -2.26. The second-order valence-electron chi connectivity index (χ2n) is 17.5. The molecule has 3 unspecified atom stereocenters. The van der Waals surface area contributed by atoms with Crippen molar-refractivity contribution in [3.05, 3.63) is 12.2 Å². The number of amides is 1. The smallest absolute Gasteiger partial charge is 0.391 e. The molecule has 0 aliphatic carbocycles. The average Bonchev–Trinajstić information content (AvgIpc) is 3.13. The van der Waals surface area contributed by atoms with E-state index in [1.54, 1.807) is 0 Å². The second kappa shape index (κ2) is 38.7. The molecule has 1 amide bonds. The Morgan fingerprint density at radius 2 is 0.982 bits per heavy atom. The van der Waals surface area contributed by atoms with Crippen molar-refractivity contribution in [1.82, 2.24) is 5.32 Å². The maximum Gasteiger partial charge on any atom is 0.472 e. The van der Waals surface area contributed by atoms with Gasteiger partial charge in [0.15, 0.2) is 0 Å². The molecule has 55 heavy (non-hydrogen) atoms. The van der Waals surface area contributed by atoms with Crippen LogP contribution in [-0.4, -0.2) is 73.4 Å². The fraction of sp³-hybridized carbons (Fsp3) is 0.935. The Labute approximate surface area is 342 Å². The van der Waals surface area contributed by atoms with Crippen molar-refractivity contribution >= 4 is 13.7 Å². The maximum atomic E-state index is 12.9. The summed E-state index contributed by atoms with van der Waals surface area (Å²) in [5.74, 6) is -0.146. The van der Waals surface area contributed by atoms with Crippen molar-refractivity contribution in [2.75, 3.05) is 40.9 Å². The summed E-state index contributed by atoms with van der Waals surface area (Å²) in [6.45, 7) is 4.86. The number of nitrogens with one attached hydrogen (secondary N) is 1. The largest absolute Gasteiger partial charge is 0.472 e. The van der Waals surface area contributed by atoms with Gasteiger partial charge in [0.25, 0.3) is 0 Å². The lowest BCUT2D eigenvalue weighted by Crippen LogP contribution is -2.46. The molecule has 8 nitrogen and oxygen atoms in total. The van der Waals surface area contributed by atoms with Crippen molar-refractivity contribution < 1.29 is 32.9 Å². The van der Waals surface area contributed by atoms with E-state index in [9.17, 15) is 19.4 Å². The Bertz CT molecular complexity index is 911. The predicted octanol–water partition coefficient (Wildman–Crippen LogP) is 13.1. The normalized spacial score (nSPS) is 14.4. The minimum atomic E-state index is -4.30.